The zero-order chi connectivity index (χ0) is 24.9. The van der Waals surface area contributed by atoms with Crippen LogP contribution >= 0.6 is 46.6 Å². The molecule has 0 spiro atoms. The lowest BCUT2D eigenvalue weighted by atomic mass is 9.82. The summed E-state index contributed by atoms with van der Waals surface area (Å²) in [5.74, 6) is -0.328. The molecule has 2 N–H and O–H groups in total. The van der Waals surface area contributed by atoms with E-state index < -0.39 is 5.92 Å². The first kappa shape index (κ1) is 25.2. The second-order valence-electron chi connectivity index (χ2n) is 7.85. The number of amides is 1. The maximum Gasteiger partial charge on any atom is 0.254 e. The maximum absolute atomic E-state index is 13.5. The van der Waals surface area contributed by atoms with Crippen molar-refractivity contribution in [1.29, 1.82) is 5.26 Å². The summed E-state index contributed by atoms with van der Waals surface area (Å²) in [6.45, 7) is 1.83. The van der Waals surface area contributed by atoms with Crippen LogP contribution in [-0.4, -0.2) is 5.91 Å². The SMILES string of the molecule is CC1=C(C(=O)Nc2ccc(Cl)cc2)[C@H](c2ccccc2Cl)C(C#N)=C(SCc2ccc(Cl)cc2)N1. The molecule has 3 aromatic rings. The standard InChI is InChI=1S/C27H20Cl3N3OS/c1-16-24(26(34)33-20-12-10-19(29)11-13-20)25(21-4-2-3-5-23(21)30)22(14-31)27(32-16)35-15-17-6-8-18(28)9-7-17/h2-13,25,32H,15H2,1H3,(H,33,34)/t25-/m1/s1. The molecule has 0 saturated carbocycles. The van der Waals surface area contributed by atoms with Crippen molar-refractivity contribution in [2.75, 3.05) is 5.32 Å². The van der Waals surface area contributed by atoms with Crippen LogP contribution in [0.3, 0.4) is 0 Å². The second kappa shape index (κ2) is 11.2. The summed E-state index contributed by atoms with van der Waals surface area (Å²) in [6.07, 6.45) is 0. The predicted molar refractivity (Wildman–Crippen MR) is 145 cm³/mol. The van der Waals surface area contributed by atoms with Crippen molar-refractivity contribution in [2.24, 2.45) is 0 Å². The molecule has 35 heavy (non-hydrogen) atoms. The molecule has 0 aliphatic carbocycles. The van der Waals surface area contributed by atoms with Gasteiger partial charge in [0.1, 0.15) is 0 Å². The van der Waals surface area contributed by atoms with Crippen molar-refractivity contribution in [2.45, 2.75) is 18.6 Å². The number of benzene rings is 3. The van der Waals surface area contributed by atoms with Gasteiger partial charge < -0.3 is 10.6 Å². The van der Waals surface area contributed by atoms with Crippen molar-refractivity contribution in [3.8, 4) is 6.07 Å². The van der Waals surface area contributed by atoms with E-state index in [0.717, 1.165) is 5.56 Å². The Morgan fingerprint density at radius 2 is 1.63 bits per heavy atom. The van der Waals surface area contributed by atoms with Gasteiger partial charge in [0.2, 0.25) is 0 Å². The maximum atomic E-state index is 13.5. The highest BCUT2D eigenvalue weighted by molar-refractivity contribution is 8.02. The van der Waals surface area contributed by atoms with E-state index >= 15 is 0 Å². The van der Waals surface area contributed by atoms with E-state index in [1.165, 1.54) is 11.8 Å². The van der Waals surface area contributed by atoms with Crippen molar-refractivity contribution >= 4 is 58.2 Å². The minimum atomic E-state index is -0.630. The number of rotatable bonds is 6. The fraction of sp³-hybridized carbons (Fsp3) is 0.111. The van der Waals surface area contributed by atoms with Crippen LogP contribution in [-0.2, 0) is 10.5 Å². The zero-order valence-electron chi connectivity index (χ0n) is 18.6. The van der Waals surface area contributed by atoms with Gasteiger partial charge in [-0.1, -0.05) is 65.1 Å². The largest absolute Gasteiger partial charge is 0.353 e. The molecule has 1 amide bonds. The molecule has 176 valence electrons. The minimum Gasteiger partial charge on any atom is -0.353 e. The van der Waals surface area contributed by atoms with E-state index in [4.69, 9.17) is 34.8 Å². The van der Waals surface area contributed by atoms with Crippen LogP contribution in [0.2, 0.25) is 15.1 Å². The minimum absolute atomic E-state index is 0.322. The first-order chi connectivity index (χ1) is 16.9. The molecule has 0 unspecified atom stereocenters. The molecule has 0 aromatic heterocycles. The highest BCUT2D eigenvalue weighted by atomic mass is 35.5. The number of thioether (sulfide) groups is 1. The number of hydrogen-bond donors (Lipinski definition) is 2. The van der Waals surface area contributed by atoms with Gasteiger partial charge in [-0.05, 0) is 60.5 Å². The molecular formula is C27H20Cl3N3OS. The number of allylic oxidation sites excluding steroid dienone is 2. The summed E-state index contributed by atoms with van der Waals surface area (Å²) in [7, 11) is 0. The third kappa shape index (κ3) is 5.86. The van der Waals surface area contributed by atoms with Gasteiger partial charge in [0.15, 0.2) is 0 Å². The molecule has 1 atom stereocenters. The molecule has 0 saturated heterocycles. The van der Waals surface area contributed by atoms with Crippen LogP contribution in [0.1, 0.15) is 24.0 Å². The van der Waals surface area contributed by atoms with Crippen LogP contribution in [0.5, 0.6) is 0 Å². The first-order valence-electron chi connectivity index (χ1n) is 10.7. The third-order valence-corrected chi connectivity index (χ3v) is 7.44. The van der Waals surface area contributed by atoms with E-state index in [9.17, 15) is 10.1 Å². The van der Waals surface area contributed by atoms with Crippen molar-refractivity contribution in [3.05, 3.63) is 121 Å². The first-order valence-corrected chi connectivity index (χ1v) is 12.8. The van der Waals surface area contributed by atoms with Crippen LogP contribution in [0.15, 0.2) is 94.7 Å². The lowest BCUT2D eigenvalue weighted by Crippen LogP contribution is -2.30. The average Bonchev–Trinajstić information content (AvgIpc) is 2.85. The monoisotopic (exact) mass is 539 g/mol. The van der Waals surface area contributed by atoms with E-state index in [-0.39, 0.29) is 5.91 Å². The van der Waals surface area contributed by atoms with Gasteiger partial charge in [-0.25, -0.2) is 0 Å². The topological polar surface area (TPSA) is 64.9 Å². The molecule has 1 aliphatic rings. The summed E-state index contributed by atoms with van der Waals surface area (Å²) in [6, 6.07) is 24.0. The number of dihydropyridines is 1. The van der Waals surface area contributed by atoms with Crippen molar-refractivity contribution in [1.82, 2.24) is 5.32 Å². The number of anilines is 1. The number of carbonyl (C=O) groups excluding carboxylic acids is 1. The lowest BCUT2D eigenvalue weighted by molar-refractivity contribution is -0.113. The fourth-order valence-electron chi connectivity index (χ4n) is 3.82. The summed E-state index contributed by atoms with van der Waals surface area (Å²) >= 11 is 20.0. The molecule has 0 radical (unpaired) electrons. The average molecular weight is 541 g/mol. The zero-order valence-corrected chi connectivity index (χ0v) is 21.7. The Balaban J connectivity index is 1.72. The Morgan fingerprint density at radius 1 is 1.00 bits per heavy atom. The van der Waals surface area contributed by atoms with E-state index in [1.807, 2.05) is 49.4 Å². The van der Waals surface area contributed by atoms with E-state index in [1.54, 1.807) is 30.3 Å². The summed E-state index contributed by atoms with van der Waals surface area (Å²) in [5.41, 5.74) is 3.87. The van der Waals surface area contributed by atoms with Gasteiger partial charge in [-0.2, -0.15) is 5.26 Å². The van der Waals surface area contributed by atoms with Crippen LogP contribution in [0.4, 0.5) is 5.69 Å². The number of nitriles is 1. The van der Waals surface area contributed by atoms with Gasteiger partial charge in [0.25, 0.3) is 5.91 Å². The fourth-order valence-corrected chi connectivity index (χ4v) is 5.36. The number of carbonyl (C=O) groups is 1. The Morgan fingerprint density at radius 3 is 2.26 bits per heavy atom. The third-order valence-electron chi connectivity index (χ3n) is 5.51. The van der Waals surface area contributed by atoms with Crippen molar-refractivity contribution < 1.29 is 4.79 Å². The van der Waals surface area contributed by atoms with Crippen LogP contribution in [0, 0.1) is 11.3 Å². The molecule has 4 nitrogen and oxygen atoms in total. The Hall–Kier alpha value is -2.88. The number of hydrogen-bond acceptors (Lipinski definition) is 4. The van der Waals surface area contributed by atoms with Gasteiger partial charge in [-0.3, -0.25) is 4.79 Å². The van der Waals surface area contributed by atoms with Crippen molar-refractivity contribution in [3.63, 3.8) is 0 Å². The lowest BCUT2D eigenvalue weighted by Gasteiger charge is -2.30. The van der Waals surface area contributed by atoms with Gasteiger partial charge in [0.05, 0.1) is 22.6 Å². The van der Waals surface area contributed by atoms with E-state index in [0.29, 0.717) is 53.9 Å². The molecule has 0 fully saturated rings. The predicted octanol–water partition coefficient (Wildman–Crippen LogP) is 7.91. The molecule has 8 heteroatoms. The summed E-state index contributed by atoms with van der Waals surface area (Å²) in [5, 5.41) is 18.9. The van der Waals surface area contributed by atoms with Crippen LogP contribution in [0.25, 0.3) is 0 Å². The highest BCUT2D eigenvalue weighted by Crippen LogP contribution is 2.43. The molecule has 1 heterocycles. The Kier molecular flexibility index (Phi) is 8.10. The smallest absolute Gasteiger partial charge is 0.254 e. The molecule has 0 bridgehead atoms. The van der Waals surface area contributed by atoms with Gasteiger partial charge in [0, 0.05) is 37.8 Å². The number of nitrogens with zero attached hydrogens (tertiary/aromatic N) is 1. The van der Waals surface area contributed by atoms with Crippen LogP contribution < -0.4 is 10.6 Å². The van der Waals surface area contributed by atoms with Gasteiger partial charge in [-0.15, -0.1) is 11.8 Å². The Bertz CT molecular complexity index is 1360. The normalized spacial score (nSPS) is 15.5. The molecule has 4 rings (SSSR count). The number of nitrogens with one attached hydrogen (secondary N) is 2. The second-order valence-corrected chi connectivity index (χ2v) is 10.1. The highest BCUT2D eigenvalue weighted by Gasteiger charge is 2.35. The molecule has 1 aliphatic heterocycles. The number of halogens is 3. The summed E-state index contributed by atoms with van der Waals surface area (Å²) < 4.78 is 0. The summed E-state index contributed by atoms with van der Waals surface area (Å²) in [4.78, 5) is 13.5. The Labute approximate surface area is 223 Å². The molecule has 3 aromatic carbocycles. The van der Waals surface area contributed by atoms with E-state index in [2.05, 4.69) is 16.7 Å². The van der Waals surface area contributed by atoms with Gasteiger partial charge >= 0.3 is 0 Å². The molecular weight excluding hydrogens is 521 g/mol. The quantitative estimate of drug-likeness (QED) is 0.333.